The van der Waals surface area contributed by atoms with E-state index in [9.17, 15) is 0 Å². The molecule has 3 rings (SSSR count). The summed E-state index contributed by atoms with van der Waals surface area (Å²) in [4.78, 5) is 2.96. The molecule has 0 amide bonds. The molecule has 1 atom stereocenters. The molecule has 2 nitrogen and oxygen atoms in total. The van der Waals surface area contributed by atoms with Crippen LogP contribution >= 0.6 is 0 Å². The molecule has 0 aromatic heterocycles. The average molecular weight is 293 g/mol. The molecule has 0 radical (unpaired) electrons. The van der Waals surface area contributed by atoms with Crippen LogP contribution in [0.2, 0.25) is 0 Å². The summed E-state index contributed by atoms with van der Waals surface area (Å²) in [7, 11) is 0. The number of hydrogen-bond donors (Lipinski definition) is 1. The van der Waals surface area contributed by atoms with Gasteiger partial charge >= 0.3 is 0 Å². The fourth-order valence-corrected chi connectivity index (χ4v) is 5.11. The zero-order chi connectivity index (χ0) is 14.9. The molecule has 1 aliphatic heterocycles. The largest absolute Gasteiger partial charge is 0.308 e. The van der Waals surface area contributed by atoms with Crippen LogP contribution in [-0.4, -0.2) is 35.6 Å². The van der Waals surface area contributed by atoms with E-state index >= 15 is 0 Å². The molecule has 21 heavy (non-hydrogen) atoms. The minimum Gasteiger partial charge on any atom is -0.308 e. The van der Waals surface area contributed by atoms with Gasteiger partial charge in [0.15, 0.2) is 0 Å². The van der Waals surface area contributed by atoms with E-state index in [0.717, 1.165) is 6.04 Å². The van der Waals surface area contributed by atoms with Crippen molar-refractivity contribution in [3.05, 3.63) is 0 Å². The van der Waals surface area contributed by atoms with Crippen LogP contribution in [0.15, 0.2) is 0 Å². The van der Waals surface area contributed by atoms with Crippen molar-refractivity contribution in [1.82, 2.24) is 10.2 Å². The van der Waals surface area contributed by atoms with E-state index in [0.29, 0.717) is 17.0 Å². The van der Waals surface area contributed by atoms with Crippen LogP contribution in [0.3, 0.4) is 0 Å². The van der Waals surface area contributed by atoms with Crippen molar-refractivity contribution in [3.8, 4) is 0 Å². The Kier molecular flexibility index (Phi) is 4.66. The Morgan fingerprint density at radius 2 is 1.52 bits per heavy atom. The molecule has 1 heterocycles. The van der Waals surface area contributed by atoms with Crippen LogP contribution in [0.5, 0.6) is 0 Å². The van der Waals surface area contributed by atoms with E-state index < -0.39 is 0 Å². The highest BCUT2D eigenvalue weighted by molar-refractivity contribution is 5.04. The predicted molar refractivity (Wildman–Crippen MR) is 90.6 cm³/mol. The fourth-order valence-electron chi connectivity index (χ4n) is 5.11. The quantitative estimate of drug-likeness (QED) is 0.773. The van der Waals surface area contributed by atoms with Crippen molar-refractivity contribution in [3.63, 3.8) is 0 Å². The summed E-state index contributed by atoms with van der Waals surface area (Å²) >= 11 is 0. The highest BCUT2D eigenvalue weighted by Gasteiger charge is 2.45. The van der Waals surface area contributed by atoms with E-state index in [1.165, 1.54) is 77.3 Å². The van der Waals surface area contributed by atoms with Crippen molar-refractivity contribution < 1.29 is 0 Å². The number of piperazine rings is 1. The van der Waals surface area contributed by atoms with Crippen molar-refractivity contribution in [2.75, 3.05) is 13.1 Å². The van der Waals surface area contributed by atoms with E-state index in [1.807, 2.05) is 0 Å². The van der Waals surface area contributed by atoms with E-state index in [2.05, 4.69) is 31.0 Å². The summed E-state index contributed by atoms with van der Waals surface area (Å²) in [5, 5.41) is 4.02. The molecule has 0 bridgehead atoms. The molecule has 3 fully saturated rings. The van der Waals surface area contributed by atoms with Crippen LogP contribution in [0.1, 0.15) is 85.0 Å². The van der Waals surface area contributed by atoms with Gasteiger partial charge < -0.3 is 5.32 Å². The van der Waals surface area contributed by atoms with Crippen LogP contribution in [-0.2, 0) is 0 Å². The highest BCUT2D eigenvalue weighted by atomic mass is 15.3. The minimum atomic E-state index is 0.390. The lowest BCUT2D eigenvalue weighted by atomic mass is 9.74. The van der Waals surface area contributed by atoms with Crippen molar-refractivity contribution in [2.45, 2.75) is 103 Å². The molecule has 1 N–H and O–H groups in total. The Morgan fingerprint density at radius 3 is 2.14 bits per heavy atom. The van der Waals surface area contributed by atoms with Crippen molar-refractivity contribution >= 4 is 0 Å². The molecule has 2 heteroatoms. The number of nitrogens with one attached hydrogen (secondary N) is 1. The lowest BCUT2D eigenvalue weighted by Crippen LogP contribution is -2.69. The predicted octanol–water partition coefficient (Wildman–Crippen LogP) is 4.34. The molecule has 1 saturated heterocycles. The Hall–Kier alpha value is -0.0800. The maximum atomic E-state index is 4.02. The Bertz CT molecular complexity index is 332. The third-order valence-corrected chi connectivity index (χ3v) is 6.41. The van der Waals surface area contributed by atoms with Crippen molar-refractivity contribution in [2.24, 2.45) is 5.41 Å². The average Bonchev–Trinajstić information content (AvgIpc) is 2.48. The lowest BCUT2D eigenvalue weighted by molar-refractivity contribution is -0.0283. The maximum Gasteiger partial charge on any atom is 0.0309 e. The molecular formula is C19H36N2. The Morgan fingerprint density at radius 1 is 0.905 bits per heavy atom. The normalized spacial score (nSPS) is 32.4. The summed E-state index contributed by atoms with van der Waals surface area (Å²) < 4.78 is 0. The summed E-state index contributed by atoms with van der Waals surface area (Å²) in [6.07, 6.45) is 14.4. The monoisotopic (exact) mass is 292 g/mol. The summed E-state index contributed by atoms with van der Waals surface area (Å²) in [5.41, 5.74) is 0.845. The standard InChI is InChI=1S/C19H36N2/c1-18(2,3)17-14-20-19(12-8-5-9-13-19)15-21(17)16-10-6-4-7-11-16/h16-17,20H,4-15H2,1-3H3. The maximum absolute atomic E-state index is 4.02. The topological polar surface area (TPSA) is 15.3 Å². The van der Waals surface area contributed by atoms with Crippen LogP contribution in [0, 0.1) is 5.41 Å². The van der Waals surface area contributed by atoms with Gasteiger partial charge in [0.05, 0.1) is 0 Å². The highest BCUT2D eigenvalue weighted by Crippen LogP contribution is 2.38. The van der Waals surface area contributed by atoms with E-state index in [-0.39, 0.29) is 0 Å². The van der Waals surface area contributed by atoms with Gasteiger partial charge in [0.1, 0.15) is 0 Å². The summed E-state index contributed by atoms with van der Waals surface area (Å²) in [6, 6.07) is 1.58. The zero-order valence-corrected chi connectivity index (χ0v) is 14.6. The summed E-state index contributed by atoms with van der Waals surface area (Å²) in [5.74, 6) is 0. The first-order chi connectivity index (χ1) is 10.0. The molecule has 0 aromatic rings. The molecule has 1 spiro atoms. The molecule has 2 aliphatic carbocycles. The third-order valence-electron chi connectivity index (χ3n) is 6.41. The molecule has 0 aromatic carbocycles. The second kappa shape index (κ2) is 6.20. The zero-order valence-electron chi connectivity index (χ0n) is 14.6. The van der Waals surface area contributed by atoms with E-state index in [4.69, 9.17) is 0 Å². The van der Waals surface area contributed by atoms with Crippen LogP contribution < -0.4 is 5.32 Å². The van der Waals surface area contributed by atoms with Gasteiger partial charge in [-0.15, -0.1) is 0 Å². The number of nitrogens with zero attached hydrogens (tertiary/aromatic N) is 1. The smallest absolute Gasteiger partial charge is 0.0309 e. The van der Waals surface area contributed by atoms with Gasteiger partial charge in [-0.25, -0.2) is 0 Å². The molecule has 1 unspecified atom stereocenters. The first-order valence-electron chi connectivity index (χ1n) is 9.51. The Balaban J connectivity index is 1.77. The first kappa shape index (κ1) is 15.8. The first-order valence-corrected chi connectivity index (χ1v) is 9.51. The van der Waals surface area contributed by atoms with Crippen LogP contribution in [0.4, 0.5) is 0 Å². The van der Waals surface area contributed by atoms with Crippen LogP contribution in [0.25, 0.3) is 0 Å². The van der Waals surface area contributed by atoms with Gasteiger partial charge in [-0.05, 0) is 31.1 Å². The van der Waals surface area contributed by atoms with Gasteiger partial charge in [-0.2, -0.15) is 0 Å². The second-order valence-corrected chi connectivity index (χ2v) is 9.07. The molecule has 3 aliphatic rings. The fraction of sp³-hybridized carbons (Fsp3) is 1.00. The third kappa shape index (κ3) is 3.47. The lowest BCUT2D eigenvalue weighted by Gasteiger charge is -2.56. The van der Waals surface area contributed by atoms with Gasteiger partial charge in [0, 0.05) is 30.7 Å². The van der Waals surface area contributed by atoms with Gasteiger partial charge in [0.25, 0.3) is 0 Å². The Labute approximate surface area is 132 Å². The van der Waals surface area contributed by atoms with Gasteiger partial charge in [0.2, 0.25) is 0 Å². The van der Waals surface area contributed by atoms with Gasteiger partial charge in [-0.1, -0.05) is 59.3 Å². The molecular weight excluding hydrogens is 256 g/mol. The van der Waals surface area contributed by atoms with Gasteiger partial charge in [-0.3, -0.25) is 4.90 Å². The summed E-state index contributed by atoms with van der Waals surface area (Å²) in [6.45, 7) is 9.84. The van der Waals surface area contributed by atoms with Crippen molar-refractivity contribution in [1.29, 1.82) is 0 Å². The second-order valence-electron chi connectivity index (χ2n) is 9.07. The van der Waals surface area contributed by atoms with E-state index in [1.54, 1.807) is 0 Å². The minimum absolute atomic E-state index is 0.390. The molecule has 122 valence electrons. The SMILES string of the molecule is CC(C)(C)C1CNC2(CCCCC2)CN1C1CCCCC1. The molecule has 2 saturated carbocycles. The number of rotatable bonds is 1. The number of hydrogen-bond acceptors (Lipinski definition) is 2.